The summed E-state index contributed by atoms with van der Waals surface area (Å²) < 4.78 is 36.5. The molecule has 2 aliphatic carbocycles. The number of rotatable bonds is 7. The van der Waals surface area contributed by atoms with E-state index in [0.717, 1.165) is 84.0 Å². The number of nitrogens with zero attached hydrogens (tertiary/aromatic N) is 4. The van der Waals surface area contributed by atoms with Gasteiger partial charge in [0.25, 0.3) is 5.91 Å². The fourth-order valence-electron chi connectivity index (χ4n) is 9.53. The van der Waals surface area contributed by atoms with E-state index in [-0.39, 0.29) is 29.5 Å². The van der Waals surface area contributed by atoms with E-state index in [4.69, 9.17) is 4.74 Å². The third-order valence-electron chi connectivity index (χ3n) is 12.2. The number of fused-ring (bicyclic) bond motifs is 9. The van der Waals surface area contributed by atoms with Gasteiger partial charge >= 0.3 is 10.2 Å². The first-order valence-corrected chi connectivity index (χ1v) is 19.1. The van der Waals surface area contributed by atoms with Crippen molar-refractivity contribution in [1.29, 1.82) is 0 Å². The predicted octanol–water partition coefficient (Wildman–Crippen LogP) is 5.08. The number of methoxy groups -OCH3 is 1. The average molecular weight is 674 g/mol. The van der Waals surface area contributed by atoms with Crippen molar-refractivity contribution >= 4 is 32.9 Å². The van der Waals surface area contributed by atoms with Crippen molar-refractivity contribution in [2.24, 2.45) is 5.41 Å². The third-order valence-corrected chi connectivity index (χ3v) is 13.6. The van der Waals surface area contributed by atoms with Crippen LogP contribution in [0, 0.1) is 5.41 Å². The molecule has 2 amide bonds. The molecule has 2 unspecified atom stereocenters. The van der Waals surface area contributed by atoms with Crippen molar-refractivity contribution in [1.82, 2.24) is 23.4 Å². The van der Waals surface area contributed by atoms with Crippen LogP contribution < -0.4 is 9.46 Å². The SMILES string of the molecule is CCN1C[C@H]2CC[C@@H](C1)N2C(=O)C12CC1c1cc(OC)ccc1-c1c(C3CCCCC3)c3ccc(C(=O)NS(=O)(=O)N(C)C)cc3n1C2. The van der Waals surface area contributed by atoms with E-state index in [9.17, 15) is 13.2 Å². The second-order valence-electron chi connectivity index (χ2n) is 14.9. The Balaban J connectivity index is 1.31. The van der Waals surface area contributed by atoms with Crippen LogP contribution in [-0.2, 0) is 21.5 Å². The predicted molar refractivity (Wildman–Crippen MR) is 185 cm³/mol. The Morgan fingerprint density at radius 3 is 2.40 bits per heavy atom. The minimum atomic E-state index is -3.97. The summed E-state index contributed by atoms with van der Waals surface area (Å²) in [7, 11) is 0.520. The lowest BCUT2D eigenvalue weighted by atomic mass is 9.81. The average Bonchev–Trinajstić information content (AvgIpc) is 3.68. The number of piperazine rings is 1. The topological polar surface area (TPSA) is 104 Å². The van der Waals surface area contributed by atoms with Gasteiger partial charge in [0.05, 0.1) is 18.2 Å². The molecule has 3 aromatic rings. The van der Waals surface area contributed by atoms with Crippen LogP contribution in [0.2, 0.25) is 0 Å². The molecule has 4 fully saturated rings. The van der Waals surface area contributed by atoms with Crippen LogP contribution in [0.1, 0.15) is 91.6 Å². The van der Waals surface area contributed by atoms with Gasteiger partial charge in [0.2, 0.25) is 5.91 Å². The monoisotopic (exact) mass is 673 g/mol. The molecule has 5 aliphatic rings. The van der Waals surface area contributed by atoms with Gasteiger partial charge in [-0.1, -0.05) is 32.3 Å². The Kier molecular flexibility index (Phi) is 7.69. The molecule has 10 nitrogen and oxygen atoms in total. The summed E-state index contributed by atoms with van der Waals surface area (Å²) in [5.74, 6) is 0.831. The van der Waals surface area contributed by atoms with Gasteiger partial charge in [-0.05, 0) is 86.0 Å². The number of likely N-dealkylation sites (N-methyl/N-ethyl adjacent to an activating group) is 1. The molecule has 1 aromatic heterocycles. The molecule has 0 radical (unpaired) electrons. The van der Waals surface area contributed by atoms with Crippen LogP contribution in [0.3, 0.4) is 0 Å². The van der Waals surface area contributed by atoms with Gasteiger partial charge in [-0.15, -0.1) is 0 Å². The molecule has 2 bridgehead atoms. The van der Waals surface area contributed by atoms with E-state index < -0.39 is 21.5 Å². The van der Waals surface area contributed by atoms with Crippen molar-refractivity contribution in [3.05, 3.63) is 53.1 Å². The largest absolute Gasteiger partial charge is 0.497 e. The summed E-state index contributed by atoms with van der Waals surface area (Å²) in [6.07, 6.45) is 8.65. The summed E-state index contributed by atoms with van der Waals surface area (Å²) in [5, 5.41) is 1.09. The first-order chi connectivity index (χ1) is 23.1. The minimum absolute atomic E-state index is 0.0737. The lowest BCUT2D eigenvalue weighted by molar-refractivity contribution is -0.143. The number of nitrogens with one attached hydrogen (secondary N) is 1. The summed E-state index contributed by atoms with van der Waals surface area (Å²) >= 11 is 0. The van der Waals surface area contributed by atoms with Gasteiger partial charge in [-0.25, -0.2) is 4.72 Å². The molecule has 4 atom stereocenters. The summed E-state index contributed by atoms with van der Waals surface area (Å²) in [4.78, 5) is 33.2. The molecule has 256 valence electrons. The van der Waals surface area contributed by atoms with E-state index in [1.807, 2.05) is 18.2 Å². The number of amides is 2. The van der Waals surface area contributed by atoms with Crippen LogP contribution >= 0.6 is 0 Å². The van der Waals surface area contributed by atoms with E-state index >= 15 is 4.79 Å². The fourth-order valence-corrected chi connectivity index (χ4v) is 10.1. The van der Waals surface area contributed by atoms with Crippen molar-refractivity contribution in [3.8, 4) is 17.0 Å². The number of hydrogen-bond donors (Lipinski definition) is 1. The van der Waals surface area contributed by atoms with Gasteiger partial charge in [0.1, 0.15) is 5.75 Å². The Hall–Kier alpha value is -3.41. The van der Waals surface area contributed by atoms with E-state index in [0.29, 0.717) is 12.5 Å². The maximum Gasteiger partial charge on any atom is 0.303 e. The quantitative estimate of drug-likeness (QED) is 0.375. The highest BCUT2D eigenvalue weighted by atomic mass is 32.2. The van der Waals surface area contributed by atoms with Gasteiger partial charge in [0.15, 0.2) is 0 Å². The standard InChI is InChI=1S/C37H47N5O5S/c1-5-40-20-25-12-13-26(21-40)42(25)36(44)37-19-31(37)30-18-27(47-4)14-16-28(30)34-33(23-9-7-6-8-10-23)29-15-11-24(17-32(29)41(34)22-37)35(43)38-48(45,46)39(2)3/h11,14-18,23,25-26,31H,5-10,12-13,19-22H2,1-4H3,(H,38,43)/t25-,26+,31?,37?. The van der Waals surface area contributed by atoms with Crippen molar-refractivity contribution in [3.63, 3.8) is 0 Å². The zero-order valence-corrected chi connectivity index (χ0v) is 29.3. The number of aromatic nitrogens is 1. The summed E-state index contributed by atoms with van der Waals surface area (Å²) in [6, 6.07) is 12.4. The second kappa shape index (κ2) is 11.6. The highest BCUT2D eigenvalue weighted by Gasteiger charge is 2.65. The third kappa shape index (κ3) is 4.90. The normalized spacial score (nSPS) is 26.9. The molecule has 48 heavy (non-hydrogen) atoms. The molecule has 4 heterocycles. The number of hydrogen-bond acceptors (Lipinski definition) is 6. The van der Waals surface area contributed by atoms with Gasteiger partial charge in [-0.2, -0.15) is 12.7 Å². The number of carbonyl (C=O) groups excluding carboxylic acids is 2. The number of benzene rings is 2. The highest BCUT2D eigenvalue weighted by molar-refractivity contribution is 7.87. The van der Waals surface area contributed by atoms with Gasteiger partial charge in [-0.3, -0.25) is 14.5 Å². The Morgan fingerprint density at radius 2 is 1.73 bits per heavy atom. The molecule has 0 spiro atoms. The van der Waals surface area contributed by atoms with E-state index in [1.54, 1.807) is 13.2 Å². The molecular weight excluding hydrogens is 627 g/mol. The van der Waals surface area contributed by atoms with Gasteiger partial charge in [0, 0.05) is 73.8 Å². The molecular formula is C37H47N5O5S. The Morgan fingerprint density at radius 1 is 1.00 bits per heavy atom. The maximum absolute atomic E-state index is 15.1. The first kappa shape index (κ1) is 31.8. The zero-order valence-electron chi connectivity index (χ0n) is 28.5. The van der Waals surface area contributed by atoms with Crippen LogP contribution in [0.25, 0.3) is 22.2 Å². The van der Waals surface area contributed by atoms with Crippen LogP contribution in [-0.4, -0.2) is 91.8 Å². The molecule has 3 aliphatic heterocycles. The van der Waals surface area contributed by atoms with Crippen LogP contribution in [0.4, 0.5) is 0 Å². The van der Waals surface area contributed by atoms with Crippen LogP contribution in [0.15, 0.2) is 36.4 Å². The molecule has 2 saturated carbocycles. The van der Waals surface area contributed by atoms with Crippen molar-refractivity contribution < 1.29 is 22.7 Å². The smallest absolute Gasteiger partial charge is 0.303 e. The van der Waals surface area contributed by atoms with E-state index in [2.05, 4.69) is 38.1 Å². The summed E-state index contributed by atoms with van der Waals surface area (Å²) in [6.45, 7) is 5.60. The highest BCUT2D eigenvalue weighted by Crippen LogP contribution is 2.66. The zero-order chi connectivity index (χ0) is 33.5. The molecule has 8 rings (SSSR count). The fraction of sp³-hybridized carbons (Fsp3) is 0.568. The number of carbonyl (C=O) groups is 2. The van der Waals surface area contributed by atoms with Crippen LogP contribution in [0.5, 0.6) is 5.75 Å². The maximum atomic E-state index is 15.1. The Labute approximate surface area is 283 Å². The van der Waals surface area contributed by atoms with Crippen molar-refractivity contribution in [2.75, 3.05) is 40.8 Å². The van der Waals surface area contributed by atoms with E-state index in [1.165, 1.54) is 44.5 Å². The lowest BCUT2D eigenvalue weighted by Gasteiger charge is -2.42. The van der Waals surface area contributed by atoms with Gasteiger partial charge < -0.3 is 14.2 Å². The number of likely N-dealkylation sites (tertiary alicyclic amines) is 1. The Bertz CT molecular complexity index is 1900. The minimum Gasteiger partial charge on any atom is -0.497 e. The number of ether oxygens (including phenoxy) is 1. The molecule has 2 saturated heterocycles. The molecule has 1 N–H and O–H groups in total. The summed E-state index contributed by atoms with van der Waals surface area (Å²) in [5.41, 5.74) is 5.34. The molecule has 2 aromatic carbocycles. The van der Waals surface area contributed by atoms with Crippen molar-refractivity contribution in [2.45, 2.75) is 88.8 Å². The second-order valence-corrected chi connectivity index (χ2v) is 16.8. The first-order valence-electron chi connectivity index (χ1n) is 17.7. The molecule has 11 heteroatoms. The lowest BCUT2D eigenvalue weighted by Crippen LogP contribution is -2.57.